The minimum Gasteiger partial charge on any atom is -0.497 e. The number of aromatic amines is 1. The van der Waals surface area contributed by atoms with E-state index < -0.39 is 12.2 Å². The second-order valence-electron chi connectivity index (χ2n) is 5.57. The third kappa shape index (κ3) is 3.20. The number of carbonyl (C=O) groups is 1. The molecule has 1 aliphatic rings. The fraction of sp³-hybridized carbons (Fsp3) is 0.375. The number of aromatic nitrogens is 2. The van der Waals surface area contributed by atoms with E-state index >= 15 is 0 Å². The van der Waals surface area contributed by atoms with Crippen molar-refractivity contribution in [2.75, 3.05) is 20.2 Å². The highest BCUT2D eigenvalue weighted by atomic mass is 16.5. The second kappa shape index (κ2) is 6.39. The zero-order chi connectivity index (χ0) is 16.4. The van der Waals surface area contributed by atoms with Crippen molar-refractivity contribution in [3.63, 3.8) is 0 Å². The van der Waals surface area contributed by atoms with Gasteiger partial charge in [0.2, 0.25) is 0 Å². The first-order valence-corrected chi connectivity index (χ1v) is 7.43. The molecule has 2 aromatic rings. The Hall–Kier alpha value is -2.38. The number of nitrogens with one attached hydrogen (secondary N) is 1. The molecule has 0 spiro atoms. The minimum absolute atomic E-state index is 0.119. The second-order valence-corrected chi connectivity index (χ2v) is 5.57. The molecule has 1 aromatic carbocycles. The maximum Gasteiger partial charge on any atom is 0.271 e. The Labute approximate surface area is 133 Å². The van der Waals surface area contributed by atoms with Gasteiger partial charge in [-0.25, -0.2) is 0 Å². The molecule has 0 aliphatic carbocycles. The van der Waals surface area contributed by atoms with Gasteiger partial charge < -0.3 is 19.8 Å². The largest absolute Gasteiger partial charge is 0.497 e. The number of piperidine rings is 1. The number of aliphatic hydroxyl groups excluding tert-OH is 2. The summed E-state index contributed by atoms with van der Waals surface area (Å²) < 4.78 is 5.18. The number of aliphatic hydroxyl groups is 2. The number of nitrogens with zero attached hydrogens (tertiary/aromatic N) is 2. The maximum absolute atomic E-state index is 12.5. The molecule has 0 saturated carbocycles. The molecule has 7 heteroatoms. The molecule has 1 aliphatic heterocycles. The molecule has 1 aromatic heterocycles. The lowest BCUT2D eigenvalue weighted by Crippen LogP contribution is -2.49. The number of hydrogen-bond acceptors (Lipinski definition) is 5. The predicted molar refractivity (Wildman–Crippen MR) is 83.1 cm³/mol. The summed E-state index contributed by atoms with van der Waals surface area (Å²) in [5.74, 6) is 0.476. The number of β-amino-alcohol motifs (C(OH)–C–C–N with tert-alkyl or cyclic N) is 1. The Balaban J connectivity index is 1.77. The van der Waals surface area contributed by atoms with Crippen LogP contribution < -0.4 is 4.74 Å². The zero-order valence-electron chi connectivity index (χ0n) is 12.8. The van der Waals surface area contributed by atoms with Crippen LogP contribution in [0.15, 0.2) is 30.3 Å². The van der Waals surface area contributed by atoms with E-state index in [0.717, 1.165) is 5.56 Å². The molecule has 3 rings (SSSR count). The van der Waals surface area contributed by atoms with Crippen molar-refractivity contribution in [1.82, 2.24) is 15.1 Å². The van der Waals surface area contributed by atoms with Gasteiger partial charge in [0.05, 0.1) is 25.0 Å². The molecule has 0 bridgehead atoms. The molecule has 3 N–H and O–H groups in total. The van der Waals surface area contributed by atoms with Crippen LogP contribution in [0.5, 0.6) is 5.75 Å². The monoisotopic (exact) mass is 317 g/mol. The molecule has 2 atom stereocenters. The molecule has 1 amide bonds. The summed E-state index contributed by atoms with van der Waals surface area (Å²) in [5.41, 5.74) is 1.84. The van der Waals surface area contributed by atoms with Crippen molar-refractivity contribution in [2.24, 2.45) is 0 Å². The van der Waals surface area contributed by atoms with Gasteiger partial charge in [-0.15, -0.1) is 0 Å². The van der Waals surface area contributed by atoms with Crippen molar-refractivity contribution in [3.05, 3.63) is 36.0 Å². The van der Waals surface area contributed by atoms with Crippen LogP contribution in [-0.2, 0) is 0 Å². The van der Waals surface area contributed by atoms with E-state index in [0.29, 0.717) is 30.1 Å². The fourth-order valence-corrected chi connectivity index (χ4v) is 2.64. The Kier molecular flexibility index (Phi) is 4.31. The lowest BCUT2D eigenvalue weighted by Gasteiger charge is -2.33. The van der Waals surface area contributed by atoms with Crippen molar-refractivity contribution >= 4 is 5.91 Å². The normalized spacial score (nSPS) is 21.3. The number of amides is 1. The molecule has 7 nitrogen and oxygen atoms in total. The summed E-state index contributed by atoms with van der Waals surface area (Å²) in [4.78, 5) is 14.0. The molecular formula is C16H19N3O4. The van der Waals surface area contributed by atoms with Crippen LogP contribution in [0.2, 0.25) is 0 Å². The molecule has 122 valence electrons. The Bertz CT molecular complexity index is 700. The summed E-state index contributed by atoms with van der Waals surface area (Å²) in [5, 5.41) is 26.1. The first kappa shape index (κ1) is 15.5. The minimum atomic E-state index is -0.909. The van der Waals surface area contributed by atoms with Crippen LogP contribution in [-0.4, -0.2) is 63.6 Å². The number of likely N-dealkylation sites (tertiary alicyclic amines) is 1. The third-order valence-corrected chi connectivity index (χ3v) is 4.01. The van der Waals surface area contributed by atoms with Gasteiger partial charge >= 0.3 is 0 Å². The van der Waals surface area contributed by atoms with E-state index in [-0.39, 0.29) is 12.5 Å². The summed E-state index contributed by atoms with van der Waals surface area (Å²) in [6.07, 6.45) is -1.31. The van der Waals surface area contributed by atoms with Crippen LogP contribution in [0.3, 0.4) is 0 Å². The molecule has 2 heterocycles. The van der Waals surface area contributed by atoms with Gasteiger partial charge in [-0.3, -0.25) is 9.89 Å². The summed E-state index contributed by atoms with van der Waals surface area (Å²) in [6, 6.07) is 9.09. The maximum atomic E-state index is 12.5. The lowest BCUT2D eigenvalue weighted by molar-refractivity contribution is -0.0323. The zero-order valence-corrected chi connectivity index (χ0v) is 12.8. The van der Waals surface area contributed by atoms with E-state index in [9.17, 15) is 15.0 Å². The summed E-state index contributed by atoms with van der Waals surface area (Å²) >= 11 is 0. The number of hydrogen-bond donors (Lipinski definition) is 3. The van der Waals surface area contributed by atoms with Gasteiger partial charge in [0.15, 0.2) is 0 Å². The van der Waals surface area contributed by atoms with Crippen LogP contribution in [0.25, 0.3) is 11.3 Å². The van der Waals surface area contributed by atoms with Crippen LogP contribution in [0, 0.1) is 0 Å². The van der Waals surface area contributed by atoms with Crippen LogP contribution in [0.1, 0.15) is 16.9 Å². The summed E-state index contributed by atoms with van der Waals surface area (Å²) in [6.45, 7) is 0.526. The topological polar surface area (TPSA) is 98.7 Å². The quantitative estimate of drug-likeness (QED) is 0.772. The fourth-order valence-electron chi connectivity index (χ4n) is 2.64. The number of carbonyl (C=O) groups excluding carboxylic acids is 1. The Morgan fingerprint density at radius 2 is 2.17 bits per heavy atom. The highest BCUT2D eigenvalue weighted by Crippen LogP contribution is 2.23. The van der Waals surface area contributed by atoms with Crippen molar-refractivity contribution < 1.29 is 19.7 Å². The molecular weight excluding hydrogens is 298 g/mol. The molecule has 0 radical (unpaired) electrons. The number of methoxy groups -OCH3 is 1. The van der Waals surface area contributed by atoms with E-state index in [2.05, 4.69) is 10.2 Å². The van der Waals surface area contributed by atoms with Crippen LogP contribution in [0.4, 0.5) is 0 Å². The third-order valence-electron chi connectivity index (χ3n) is 4.01. The number of H-pyrrole nitrogens is 1. The van der Waals surface area contributed by atoms with E-state index in [1.807, 2.05) is 24.3 Å². The molecule has 1 fully saturated rings. The number of ether oxygens (including phenoxy) is 1. The van der Waals surface area contributed by atoms with Gasteiger partial charge in [0.25, 0.3) is 5.91 Å². The highest BCUT2D eigenvalue weighted by molar-refractivity contribution is 5.93. The Morgan fingerprint density at radius 1 is 1.35 bits per heavy atom. The molecule has 23 heavy (non-hydrogen) atoms. The highest BCUT2D eigenvalue weighted by Gasteiger charge is 2.29. The van der Waals surface area contributed by atoms with Crippen LogP contribution >= 0.6 is 0 Å². The average molecular weight is 317 g/mol. The number of rotatable bonds is 3. The van der Waals surface area contributed by atoms with Crippen molar-refractivity contribution in [3.8, 4) is 17.0 Å². The van der Waals surface area contributed by atoms with E-state index in [4.69, 9.17) is 4.74 Å². The van der Waals surface area contributed by atoms with Crippen molar-refractivity contribution in [1.29, 1.82) is 0 Å². The van der Waals surface area contributed by atoms with Gasteiger partial charge in [0.1, 0.15) is 11.4 Å². The van der Waals surface area contributed by atoms with Gasteiger partial charge in [-0.2, -0.15) is 5.10 Å². The van der Waals surface area contributed by atoms with Gasteiger partial charge in [0, 0.05) is 18.7 Å². The molecule has 1 saturated heterocycles. The van der Waals surface area contributed by atoms with Crippen molar-refractivity contribution in [2.45, 2.75) is 18.6 Å². The lowest BCUT2D eigenvalue weighted by atomic mass is 10.0. The first-order valence-electron chi connectivity index (χ1n) is 7.43. The SMILES string of the molecule is COc1cccc(-c2cc(C(=O)N3CC[C@@H](O)[C@H](O)C3)[nH]n2)c1. The van der Waals surface area contributed by atoms with Gasteiger partial charge in [-0.1, -0.05) is 12.1 Å². The number of benzene rings is 1. The predicted octanol–water partition coefficient (Wildman–Crippen LogP) is 0.653. The van der Waals surface area contributed by atoms with Gasteiger partial charge in [-0.05, 0) is 24.6 Å². The summed E-state index contributed by atoms with van der Waals surface area (Å²) in [7, 11) is 1.59. The Morgan fingerprint density at radius 3 is 2.91 bits per heavy atom. The van der Waals surface area contributed by atoms with E-state index in [1.54, 1.807) is 13.2 Å². The average Bonchev–Trinajstić information content (AvgIpc) is 3.07. The molecule has 0 unspecified atom stereocenters. The first-order chi connectivity index (χ1) is 11.1. The standard InChI is InChI=1S/C16H19N3O4/c1-23-11-4-2-3-10(7-11)12-8-13(18-17-12)16(22)19-6-5-14(20)15(21)9-19/h2-4,7-8,14-15,20-21H,5-6,9H2,1H3,(H,17,18)/t14-,15-/m1/s1. The van der Waals surface area contributed by atoms with E-state index in [1.165, 1.54) is 4.90 Å². The smallest absolute Gasteiger partial charge is 0.271 e.